The van der Waals surface area contributed by atoms with E-state index in [0.717, 1.165) is 57.1 Å². The van der Waals surface area contributed by atoms with Crippen LogP contribution < -0.4 is 4.90 Å². The van der Waals surface area contributed by atoms with E-state index in [1.807, 2.05) is 26.0 Å². The first kappa shape index (κ1) is 14.2. The molecule has 0 spiro atoms. The molecule has 1 fully saturated rings. The molecule has 0 saturated carbocycles. The summed E-state index contributed by atoms with van der Waals surface area (Å²) in [6, 6.07) is 4.05. The van der Waals surface area contributed by atoms with E-state index in [9.17, 15) is 5.11 Å². The number of aryl methyl sites for hydroxylation is 1. The summed E-state index contributed by atoms with van der Waals surface area (Å²) in [6.45, 7) is 8.75. The molecule has 1 aliphatic heterocycles. The summed E-state index contributed by atoms with van der Waals surface area (Å²) in [6.07, 6.45) is 1.72. The number of β-amino-alcohol motifs (C(OH)–C–C–N with tert-alkyl or cyclic N) is 1. The highest BCUT2D eigenvalue weighted by atomic mass is 16.3. The van der Waals surface area contributed by atoms with Crippen LogP contribution in [0.5, 0.6) is 0 Å². The van der Waals surface area contributed by atoms with Gasteiger partial charge in [-0.05, 0) is 38.4 Å². The van der Waals surface area contributed by atoms with Crippen LogP contribution in [0.3, 0.4) is 0 Å². The molecule has 1 unspecified atom stereocenters. The van der Waals surface area contributed by atoms with Crippen molar-refractivity contribution < 1.29 is 5.11 Å². The maximum atomic E-state index is 9.74. The van der Waals surface area contributed by atoms with Gasteiger partial charge in [0.25, 0.3) is 0 Å². The van der Waals surface area contributed by atoms with Gasteiger partial charge in [-0.15, -0.1) is 5.10 Å². The standard InChI is InChI=1S/C14H24N4O/c1-3-13(19)11-17-7-4-8-18(10-9-17)14-6-5-12(2)15-16-14/h5-6,13,19H,3-4,7-11H2,1-2H3. The topological polar surface area (TPSA) is 52.5 Å². The highest BCUT2D eigenvalue weighted by molar-refractivity contribution is 5.37. The SMILES string of the molecule is CCC(O)CN1CCCN(c2ccc(C)nn2)CC1. The first-order valence-corrected chi connectivity index (χ1v) is 7.14. The molecule has 2 rings (SSSR count). The molecule has 0 aromatic carbocycles. The number of aromatic nitrogens is 2. The van der Waals surface area contributed by atoms with Crippen LogP contribution in [0.25, 0.3) is 0 Å². The van der Waals surface area contributed by atoms with Crippen molar-refractivity contribution in [3.63, 3.8) is 0 Å². The van der Waals surface area contributed by atoms with E-state index in [-0.39, 0.29) is 6.10 Å². The molecule has 2 heterocycles. The quantitative estimate of drug-likeness (QED) is 0.881. The molecule has 0 amide bonds. The van der Waals surface area contributed by atoms with Crippen LogP contribution >= 0.6 is 0 Å². The van der Waals surface area contributed by atoms with E-state index >= 15 is 0 Å². The summed E-state index contributed by atoms with van der Waals surface area (Å²) in [4.78, 5) is 4.63. The summed E-state index contributed by atoms with van der Waals surface area (Å²) in [5.41, 5.74) is 0.950. The average molecular weight is 264 g/mol. The maximum absolute atomic E-state index is 9.74. The molecule has 1 N–H and O–H groups in total. The Kier molecular flexibility index (Phi) is 5.10. The molecule has 5 nitrogen and oxygen atoms in total. The third-order valence-electron chi connectivity index (χ3n) is 3.64. The van der Waals surface area contributed by atoms with E-state index in [1.165, 1.54) is 0 Å². The van der Waals surface area contributed by atoms with Gasteiger partial charge in [0, 0.05) is 26.2 Å². The van der Waals surface area contributed by atoms with Crippen LogP contribution in [-0.4, -0.2) is 59.0 Å². The first-order valence-electron chi connectivity index (χ1n) is 7.14. The number of aliphatic hydroxyl groups excluding tert-OH is 1. The molecule has 19 heavy (non-hydrogen) atoms. The highest BCUT2D eigenvalue weighted by Gasteiger charge is 2.17. The maximum Gasteiger partial charge on any atom is 0.151 e. The smallest absolute Gasteiger partial charge is 0.151 e. The molecule has 1 aromatic heterocycles. The van der Waals surface area contributed by atoms with E-state index in [4.69, 9.17) is 0 Å². The normalized spacial score (nSPS) is 19.2. The third kappa shape index (κ3) is 4.14. The highest BCUT2D eigenvalue weighted by Crippen LogP contribution is 2.13. The molecule has 5 heteroatoms. The van der Waals surface area contributed by atoms with Gasteiger partial charge in [0.15, 0.2) is 5.82 Å². The molecular weight excluding hydrogens is 240 g/mol. The lowest BCUT2D eigenvalue weighted by atomic mass is 10.2. The van der Waals surface area contributed by atoms with Gasteiger partial charge in [-0.3, -0.25) is 4.90 Å². The van der Waals surface area contributed by atoms with Crippen molar-refractivity contribution in [1.82, 2.24) is 15.1 Å². The van der Waals surface area contributed by atoms with Crippen molar-refractivity contribution in [2.45, 2.75) is 32.8 Å². The van der Waals surface area contributed by atoms with E-state index in [0.29, 0.717) is 0 Å². The lowest BCUT2D eigenvalue weighted by molar-refractivity contribution is 0.113. The predicted molar refractivity (Wildman–Crippen MR) is 76.3 cm³/mol. The fraction of sp³-hybridized carbons (Fsp3) is 0.714. The lowest BCUT2D eigenvalue weighted by Crippen LogP contribution is -2.35. The second-order valence-corrected chi connectivity index (χ2v) is 5.24. The van der Waals surface area contributed by atoms with Crippen LogP contribution in [0, 0.1) is 6.92 Å². The van der Waals surface area contributed by atoms with E-state index in [1.54, 1.807) is 0 Å². The van der Waals surface area contributed by atoms with Crippen LogP contribution in [0.2, 0.25) is 0 Å². The van der Waals surface area contributed by atoms with Crippen molar-refractivity contribution in [3.8, 4) is 0 Å². The largest absolute Gasteiger partial charge is 0.392 e. The Labute approximate surface area is 115 Å². The van der Waals surface area contributed by atoms with E-state index < -0.39 is 0 Å². The molecule has 0 bridgehead atoms. The van der Waals surface area contributed by atoms with Crippen LogP contribution in [-0.2, 0) is 0 Å². The Morgan fingerprint density at radius 1 is 1.21 bits per heavy atom. The van der Waals surface area contributed by atoms with Crippen molar-refractivity contribution in [3.05, 3.63) is 17.8 Å². The Bertz CT molecular complexity index is 382. The lowest BCUT2D eigenvalue weighted by Gasteiger charge is -2.23. The fourth-order valence-electron chi connectivity index (χ4n) is 2.37. The summed E-state index contributed by atoms with van der Waals surface area (Å²) in [5, 5.41) is 18.1. The van der Waals surface area contributed by atoms with Crippen LogP contribution in [0.15, 0.2) is 12.1 Å². The number of anilines is 1. The van der Waals surface area contributed by atoms with E-state index in [2.05, 4.69) is 20.0 Å². The van der Waals surface area contributed by atoms with Crippen molar-refractivity contribution >= 4 is 5.82 Å². The third-order valence-corrected chi connectivity index (χ3v) is 3.64. The molecule has 0 aliphatic carbocycles. The zero-order chi connectivity index (χ0) is 13.7. The van der Waals surface area contributed by atoms with Gasteiger partial charge in [0.05, 0.1) is 11.8 Å². The Morgan fingerprint density at radius 3 is 2.74 bits per heavy atom. The van der Waals surface area contributed by atoms with Gasteiger partial charge in [0.1, 0.15) is 0 Å². The van der Waals surface area contributed by atoms with Gasteiger partial charge >= 0.3 is 0 Å². The Balaban J connectivity index is 1.91. The first-order chi connectivity index (χ1) is 9.19. The zero-order valence-electron chi connectivity index (χ0n) is 11.9. The predicted octanol–water partition coefficient (Wildman–Crippen LogP) is 1.07. The number of rotatable bonds is 4. The van der Waals surface area contributed by atoms with Gasteiger partial charge in [-0.25, -0.2) is 0 Å². The molecule has 1 saturated heterocycles. The number of hydrogen-bond donors (Lipinski definition) is 1. The van der Waals surface area contributed by atoms with Gasteiger partial charge in [-0.1, -0.05) is 6.92 Å². The van der Waals surface area contributed by atoms with Gasteiger partial charge in [-0.2, -0.15) is 5.10 Å². The van der Waals surface area contributed by atoms with Crippen molar-refractivity contribution in [2.75, 3.05) is 37.6 Å². The minimum Gasteiger partial charge on any atom is -0.392 e. The number of hydrogen-bond acceptors (Lipinski definition) is 5. The minimum absolute atomic E-state index is 0.203. The number of aliphatic hydroxyl groups is 1. The number of nitrogens with zero attached hydrogens (tertiary/aromatic N) is 4. The van der Waals surface area contributed by atoms with Crippen LogP contribution in [0.1, 0.15) is 25.5 Å². The molecule has 1 atom stereocenters. The molecule has 1 aromatic rings. The Hall–Kier alpha value is -1.20. The average Bonchev–Trinajstić information content (AvgIpc) is 2.65. The monoisotopic (exact) mass is 264 g/mol. The van der Waals surface area contributed by atoms with Crippen molar-refractivity contribution in [1.29, 1.82) is 0 Å². The molecule has 106 valence electrons. The summed E-state index contributed by atoms with van der Waals surface area (Å²) >= 11 is 0. The second kappa shape index (κ2) is 6.82. The van der Waals surface area contributed by atoms with Crippen LogP contribution in [0.4, 0.5) is 5.82 Å². The molecular formula is C14H24N4O. The minimum atomic E-state index is -0.203. The van der Waals surface area contributed by atoms with Gasteiger partial charge < -0.3 is 10.0 Å². The van der Waals surface area contributed by atoms with Crippen molar-refractivity contribution in [2.24, 2.45) is 0 Å². The molecule has 0 radical (unpaired) electrons. The zero-order valence-corrected chi connectivity index (χ0v) is 11.9. The molecule has 1 aliphatic rings. The Morgan fingerprint density at radius 2 is 2.05 bits per heavy atom. The fourth-order valence-corrected chi connectivity index (χ4v) is 2.37. The summed E-state index contributed by atoms with van der Waals surface area (Å²) < 4.78 is 0. The van der Waals surface area contributed by atoms with Gasteiger partial charge in [0.2, 0.25) is 0 Å². The summed E-state index contributed by atoms with van der Waals surface area (Å²) in [7, 11) is 0. The second-order valence-electron chi connectivity index (χ2n) is 5.24. The summed E-state index contributed by atoms with van der Waals surface area (Å²) in [5.74, 6) is 0.962.